The van der Waals surface area contributed by atoms with Crippen LogP contribution in [0.1, 0.15) is 44.4 Å². The van der Waals surface area contributed by atoms with E-state index < -0.39 is 45.8 Å². The number of amides is 2. The lowest BCUT2D eigenvalue weighted by molar-refractivity contribution is -0.140. The summed E-state index contributed by atoms with van der Waals surface area (Å²) in [6.07, 6.45) is 0. The van der Waals surface area contributed by atoms with E-state index in [0.29, 0.717) is 10.6 Å². The van der Waals surface area contributed by atoms with Gasteiger partial charge in [0.05, 0.1) is 10.6 Å². The normalized spacial score (nSPS) is 12.5. The maximum Gasteiger partial charge on any atom is 0.264 e. The molecule has 0 aliphatic rings. The van der Waals surface area contributed by atoms with Crippen LogP contribution in [0.2, 0.25) is 5.02 Å². The third-order valence-corrected chi connectivity index (χ3v) is 8.54. The second-order valence-corrected chi connectivity index (χ2v) is 13.0. The molecule has 0 heterocycles. The first-order chi connectivity index (χ1) is 18.6. The van der Waals surface area contributed by atoms with Crippen LogP contribution in [0.3, 0.4) is 0 Å². The number of sulfonamides is 1. The Hall–Kier alpha value is -3.43. The first-order valence-corrected chi connectivity index (χ1v) is 14.6. The highest BCUT2D eigenvalue weighted by atomic mass is 35.5. The summed E-state index contributed by atoms with van der Waals surface area (Å²) in [4.78, 5) is 28.3. The Morgan fingerprint density at radius 2 is 1.60 bits per heavy atom. The molecule has 0 unspecified atom stereocenters. The van der Waals surface area contributed by atoms with Crippen LogP contribution in [-0.4, -0.2) is 43.3 Å². The molecule has 1 N–H and O–H groups in total. The van der Waals surface area contributed by atoms with E-state index >= 15 is 0 Å². The average molecular weight is 588 g/mol. The summed E-state index contributed by atoms with van der Waals surface area (Å²) >= 11 is 6.34. The Balaban J connectivity index is 2.09. The topological polar surface area (TPSA) is 86.8 Å². The lowest BCUT2D eigenvalue weighted by Gasteiger charge is -2.34. The number of anilines is 1. The largest absolute Gasteiger partial charge is 0.350 e. The summed E-state index contributed by atoms with van der Waals surface area (Å²) < 4.78 is 43.5. The first-order valence-electron chi connectivity index (χ1n) is 12.8. The first kappa shape index (κ1) is 31.1. The molecule has 0 radical (unpaired) electrons. The van der Waals surface area contributed by atoms with Crippen molar-refractivity contribution >= 4 is 39.1 Å². The molecule has 2 amide bonds. The van der Waals surface area contributed by atoms with Gasteiger partial charge in [-0.25, -0.2) is 12.8 Å². The van der Waals surface area contributed by atoms with Gasteiger partial charge in [-0.05, 0) is 77.4 Å². The number of rotatable bonds is 9. The number of hydrogen-bond acceptors (Lipinski definition) is 4. The van der Waals surface area contributed by atoms with Crippen LogP contribution in [0, 0.1) is 19.7 Å². The van der Waals surface area contributed by atoms with Crippen molar-refractivity contribution < 1.29 is 22.4 Å². The fourth-order valence-corrected chi connectivity index (χ4v) is 5.73. The van der Waals surface area contributed by atoms with Crippen molar-refractivity contribution in [1.82, 2.24) is 10.2 Å². The minimum atomic E-state index is -4.24. The van der Waals surface area contributed by atoms with Gasteiger partial charge in [0.25, 0.3) is 10.0 Å². The van der Waals surface area contributed by atoms with Crippen molar-refractivity contribution in [1.29, 1.82) is 0 Å². The molecule has 0 saturated carbocycles. The Kier molecular flexibility index (Phi) is 9.64. The molecule has 7 nitrogen and oxygen atoms in total. The van der Waals surface area contributed by atoms with E-state index in [4.69, 9.17) is 11.6 Å². The maximum atomic E-state index is 14.7. The van der Waals surface area contributed by atoms with Crippen molar-refractivity contribution in [3.05, 3.63) is 94.3 Å². The lowest BCUT2D eigenvalue weighted by Crippen LogP contribution is -2.54. The summed E-state index contributed by atoms with van der Waals surface area (Å²) in [5.41, 5.74) is 1.16. The van der Waals surface area contributed by atoms with Gasteiger partial charge in [-0.3, -0.25) is 13.9 Å². The van der Waals surface area contributed by atoms with Gasteiger partial charge in [0, 0.05) is 22.7 Å². The molecule has 3 aromatic rings. The molecule has 3 aromatic carbocycles. The Bertz CT molecular complexity index is 1490. The molecular weight excluding hydrogens is 553 g/mol. The van der Waals surface area contributed by atoms with Gasteiger partial charge in [0.2, 0.25) is 11.8 Å². The molecule has 0 aromatic heterocycles. The fourth-order valence-electron chi connectivity index (χ4n) is 4.08. The average Bonchev–Trinajstić information content (AvgIpc) is 2.87. The third kappa shape index (κ3) is 7.40. The van der Waals surface area contributed by atoms with Crippen LogP contribution in [-0.2, 0) is 26.2 Å². The predicted octanol–water partition coefficient (Wildman–Crippen LogP) is 5.62. The molecule has 1 atom stereocenters. The van der Waals surface area contributed by atoms with Crippen LogP contribution in [0.4, 0.5) is 10.1 Å². The van der Waals surface area contributed by atoms with Crippen molar-refractivity contribution in [3.63, 3.8) is 0 Å². The van der Waals surface area contributed by atoms with Crippen LogP contribution in [0.25, 0.3) is 0 Å². The molecule has 10 heteroatoms. The molecule has 0 aliphatic carbocycles. The van der Waals surface area contributed by atoms with E-state index in [9.17, 15) is 22.4 Å². The Morgan fingerprint density at radius 1 is 0.975 bits per heavy atom. The minimum Gasteiger partial charge on any atom is -0.350 e. The van der Waals surface area contributed by atoms with Crippen LogP contribution in [0.5, 0.6) is 0 Å². The summed E-state index contributed by atoms with van der Waals surface area (Å²) in [5.74, 6) is -1.68. The van der Waals surface area contributed by atoms with Crippen molar-refractivity contribution in [2.45, 2.75) is 64.6 Å². The number of benzene rings is 3. The molecular formula is C30H35ClFN3O4S. The summed E-state index contributed by atoms with van der Waals surface area (Å²) in [7, 11) is -4.24. The summed E-state index contributed by atoms with van der Waals surface area (Å²) in [6, 6.07) is 16.0. The number of aryl methyl sites for hydroxylation is 1. The molecule has 0 fully saturated rings. The number of carbonyl (C=O) groups excluding carboxylic acids is 2. The quantitative estimate of drug-likeness (QED) is 0.352. The van der Waals surface area contributed by atoms with Crippen LogP contribution < -0.4 is 9.62 Å². The van der Waals surface area contributed by atoms with E-state index in [-0.39, 0.29) is 22.7 Å². The van der Waals surface area contributed by atoms with Gasteiger partial charge in [-0.15, -0.1) is 0 Å². The number of halogens is 2. The number of nitrogens with zero attached hydrogens (tertiary/aromatic N) is 2. The van der Waals surface area contributed by atoms with Gasteiger partial charge < -0.3 is 10.2 Å². The molecule has 40 heavy (non-hydrogen) atoms. The SMILES string of the molecule is Cc1ccc(S(=O)(=O)N(CC(=O)N(Cc2ccccc2F)[C@@H](C)C(=O)NC(C)(C)C)c2cccc(Cl)c2C)cc1. The van der Waals surface area contributed by atoms with Crippen LogP contribution >= 0.6 is 11.6 Å². The van der Waals surface area contributed by atoms with Gasteiger partial charge in [0.1, 0.15) is 18.4 Å². The zero-order chi connectivity index (χ0) is 29.8. The number of nitrogens with one attached hydrogen (secondary N) is 1. The van der Waals surface area contributed by atoms with E-state index in [1.807, 2.05) is 6.92 Å². The summed E-state index contributed by atoms with van der Waals surface area (Å²) in [5, 5.41) is 3.17. The molecule has 0 spiro atoms. The van der Waals surface area contributed by atoms with Crippen molar-refractivity contribution in [3.8, 4) is 0 Å². The Labute approximate surface area is 241 Å². The zero-order valence-electron chi connectivity index (χ0n) is 23.5. The van der Waals surface area contributed by atoms with E-state index in [1.54, 1.807) is 64.1 Å². The van der Waals surface area contributed by atoms with Crippen molar-refractivity contribution in [2.24, 2.45) is 0 Å². The third-order valence-electron chi connectivity index (χ3n) is 6.36. The van der Waals surface area contributed by atoms with Gasteiger partial charge >= 0.3 is 0 Å². The Morgan fingerprint density at radius 3 is 2.20 bits per heavy atom. The smallest absolute Gasteiger partial charge is 0.264 e. The lowest BCUT2D eigenvalue weighted by atomic mass is 10.1. The predicted molar refractivity (Wildman–Crippen MR) is 156 cm³/mol. The minimum absolute atomic E-state index is 0.00977. The molecule has 214 valence electrons. The molecule has 0 bridgehead atoms. The molecule has 0 saturated heterocycles. The summed E-state index contributed by atoms with van der Waals surface area (Å²) in [6.45, 7) is 9.56. The van der Waals surface area contributed by atoms with E-state index in [0.717, 1.165) is 9.87 Å². The van der Waals surface area contributed by atoms with E-state index in [1.165, 1.54) is 42.2 Å². The maximum absolute atomic E-state index is 14.7. The fraction of sp³-hybridized carbons (Fsp3) is 0.333. The van der Waals surface area contributed by atoms with Gasteiger partial charge in [0.15, 0.2) is 0 Å². The van der Waals surface area contributed by atoms with E-state index in [2.05, 4.69) is 5.32 Å². The number of hydrogen-bond donors (Lipinski definition) is 1. The highest BCUT2D eigenvalue weighted by molar-refractivity contribution is 7.92. The monoisotopic (exact) mass is 587 g/mol. The molecule has 0 aliphatic heterocycles. The van der Waals surface area contributed by atoms with Crippen LogP contribution in [0.15, 0.2) is 71.6 Å². The van der Waals surface area contributed by atoms with Gasteiger partial charge in [-0.2, -0.15) is 0 Å². The second kappa shape index (κ2) is 12.4. The van der Waals surface area contributed by atoms with Crippen molar-refractivity contribution in [2.75, 3.05) is 10.8 Å². The zero-order valence-corrected chi connectivity index (χ0v) is 25.1. The number of carbonyl (C=O) groups is 2. The second-order valence-electron chi connectivity index (χ2n) is 10.7. The van der Waals surface area contributed by atoms with Gasteiger partial charge in [-0.1, -0.05) is 53.6 Å². The highest BCUT2D eigenvalue weighted by Gasteiger charge is 2.34. The molecule has 3 rings (SSSR count). The standard InChI is InChI=1S/C30H35ClFN3O4S/c1-20-14-16-24(17-15-20)40(38,39)35(27-13-9-11-25(31)21(27)2)19-28(36)34(18-23-10-7-8-12-26(23)32)22(3)29(37)33-30(4,5)6/h7-17,22H,18-19H2,1-6H3,(H,33,37)/t22-/m0/s1. The highest BCUT2D eigenvalue weighted by Crippen LogP contribution is 2.31.